The molecule has 6 heteroatoms. The number of nitrogens with zero attached hydrogens (tertiary/aromatic N) is 1. The van der Waals surface area contributed by atoms with Crippen molar-refractivity contribution in [2.75, 3.05) is 12.4 Å². The first kappa shape index (κ1) is 21.8. The average Bonchev–Trinajstić information content (AvgIpc) is 2.82. The van der Waals surface area contributed by atoms with Crippen LogP contribution in [0.5, 0.6) is 5.75 Å². The largest absolute Gasteiger partial charge is 0.497 e. The normalized spacial score (nSPS) is 11.5. The number of pyridine rings is 1. The third-order valence-electron chi connectivity index (χ3n) is 5.55. The number of anilines is 1. The van der Waals surface area contributed by atoms with Gasteiger partial charge in [-0.3, -0.25) is 4.98 Å². The topological polar surface area (TPSA) is 68.3 Å². The molecule has 0 aliphatic rings. The van der Waals surface area contributed by atoms with Gasteiger partial charge in [-0.25, -0.2) is 8.42 Å². The van der Waals surface area contributed by atoms with E-state index >= 15 is 0 Å². The molecule has 0 aliphatic carbocycles. The molecule has 4 aromatic rings. The Morgan fingerprint density at radius 3 is 2.28 bits per heavy atom. The number of methoxy groups -OCH3 is 1. The van der Waals surface area contributed by atoms with Crippen molar-refractivity contribution in [3.8, 4) is 5.75 Å². The van der Waals surface area contributed by atoms with Crippen LogP contribution in [0.25, 0.3) is 10.9 Å². The zero-order chi connectivity index (χ0) is 22.7. The number of nitrogens with one attached hydrogen (secondary N) is 1. The molecule has 0 spiro atoms. The minimum absolute atomic E-state index is 0.176. The molecule has 5 nitrogen and oxygen atoms in total. The van der Waals surface area contributed by atoms with Crippen molar-refractivity contribution in [2.45, 2.75) is 36.6 Å². The van der Waals surface area contributed by atoms with Gasteiger partial charge >= 0.3 is 0 Å². The Morgan fingerprint density at radius 1 is 0.938 bits per heavy atom. The maximum atomic E-state index is 13.6. The molecule has 0 aliphatic heterocycles. The van der Waals surface area contributed by atoms with Crippen LogP contribution in [0.3, 0.4) is 0 Å². The highest BCUT2D eigenvalue weighted by atomic mass is 32.2. The standard InChI is InChI=1S/C26H26N2O3S/c1-4-19-9-14-24-23(15-19)26(28-16-20-7-10-21(31-3)11-8-20)25(17-27-24)32(29,30)22-12-5-18(2)6-13-22/h5-15,17H,4,16H2,1-3H3,(H,27,28). The molecular weight excluding hydrogens is 420 g/mol. The number of benzene rings is 3. The second kappa shape index (κ2) is 9.01. The molecule has 3 aromatic carbocycles. The summed E-state index contributed by atoms with van der Waals surface area (Å²) in [6.45, 7) is 4.48. The molecule has 4 rings (SSSR count). The van der Waals surface area contributed by atoms with Crippen LogP contribution in [0, 0.1) is 6.92 Å². The van der Waals surface area contributed by atoms with Crippen LogP contribution in [0.2, 0.25) is 0 Å². The lowest BCUT2D eigenvalue weighted by Crippen LogP contribution is -2.10. The lowest BCUT2D eigenvalue weighted by atomic mass is 10.1. The zero-order valence-corrected chi connectivity index (χ0v) is 19.2. The third kappa shape index (κ3) is 4.32. The summed E-state index contributed by atoms with van der Waals surface area (Å²) >= 11 is 0. The summed E-state index contributed by atoms with van der Waals surface area (Å²) in [4.78, 5) is 4.90. The van der Waals surface area contributed by atoms with Gasteiger partial charge in [0.2, 0.25) is 9.84 Å². The molecule has 0 radical (unpaired) electrons. The molecule has 0 fully saturated rings. The van der Waals surface area contributed by atoms with Gasteiger partial charge in [0.15, 0.2) is 0 Å². The van der Waals surface area contributed by atoms with Crippen molar-refractivity contribution in [1.29, 1.82) is 0 Å². The number of hydrogen-bond donors (Lipinski definition) is 1. The van der Waals surface area contributed by atoms with Crippen molar-refractivity contribution in [3.05, 3.63) is 89.6 Å². The van der Waals surface area contributed by atoms with Crippen LogP contribution in [-0.2, 0) is 22.8 Å². The third-order valence-corrected chi connectivity index (χ3v) is 7.34. The molecule has 1 heterocycles. The molecule has 0 saturated heterocycles. The maximum Gasteiger partial charge on any atom is 0.210 e. The zero-order valence-electron chi connectivity index (χ0n) is 18.4. The first-order valence-corrected chi connectivity index (χ1v) is 12.0. The number of aryl methyl sites for hydroxylation is 2. The van der Waals surface area contributed by atoms with Gasteiger partial charge in [0.05, 0.1) is 23.2 Å². The summed E-state index contributed by atoms with van der Waals surface area (Å²) in [7, 11) is -2.13. The SMILES string of the molecule is CCc1ccc2ncc(S(=O)(=O)c3ccc(C)cc3)c(NCc3ccc(OC)cc3)c2c1. The van der Waals surface area contributed by atoms with Gasteiger partial charge in [-0.05, 0) is 60.9 Å². The van der Waals surface area contributed by atoms with Gasteiger partial charge in [0.1, 0.15) is 10.6 Å². The molecule has 32 heavy (non-hydrogen) atoms. The molecule has 0 amide bonds. The highest BCUT2D eigenvalue weighted by Gasteiger charge is 2.24. The van der Waals surface area contributed by atoms with E-state index in [1.54, 1.807) is 31.4 Å². The molecule has 0 bridgehead atoms. The van der Waals surface area contributed by atoms with E-state index in [-0.39, 0.29) is 9.79 Å². The van der Waals surface area contributed by atoms with Crippen LogP contribution >= 0.6 is 0 Å². The van der Waals surface area contributed by atoms with Gasteiger partial charge in [0.25, 0.3) is 0 Å². The molecule has 0 unspecified atom stereocenters. The van der Waals surface area contributed by atoms with Crippen LogP contribution in [0.15, 0.2) is 82.7 Å². The van der Waals surface area contributed by atoms with E-state index in [2.05, 4.69) is 17.2 Å². The summed E-state index contributed by atoms with van der Waals surface area (Å²) < 4.78 is 32.4. The van der Waals surface area contributed by atoms with E-state index < -0.39 is 9.84 Å². The van der Waals surface area contributed by atoms with Crippen molar-refractivity contribution in [3.63, 3.8) is 0 Å². The monoisotopic (exact) mass is 446 g/mol. The van der Waals surface area contributed by atoms with Gasteiger partial charge in [-0.15, -0.1) is 0 Å². The van der Waals surface area contributed by atoms with Crippen molar-refractivity contribution in [2.24, 2.45) is 0 Å². The summed E-state index contributed by atoms with van der Waals surface area (Å²) in [5, 5.41) is 4.19. The van der Waals surface area contributed by atoms with E-state index in [0.717, 1.165) is 39.8 Å². The summed E-state index contributed by atoms with van der Waals surface area (Å²) in [6, 6.07) is 20.6. The van der Waals surface area contributed by atoms with E-state index in [9.17, 15) is 8.42 Å². The number of sulfone groups is 1. The molecule has 164 valence electrons. The van der Waals surface area contributed by atoms with Crippen LogP contribution in [0.1, 0.15) is 23.6 Å². The van der Waals surface area contributed by atoms with Crippen molar-refractivity contribution >= 4 is 26.4 Å². The van der Waals surface area contributed by atoms with E-state index in [4.69, 9.17) is 4.74 Å². The van der Waals surface area contributed by atoms with Gasteiger partial charge in [-0.1, -0.05) is 42.8 Å². The first-order chi connectivity index (χ1) is 15.4. The summed E-state index contributed by atoms with van der Waals surface area (Å²) in [6.07, 6.45) is 2.31. The molecular formula is C26H26N2O3S. The average molecular weight is 447 g/mol. The summed E-state index contributed by atoms with van der Waals surface area (Å²) in [5.41, 5.74) is 4.47. The van der Waals surface area contributed by atoms with E-state index in [0.29, 0.717) is 12.2 Å². The maximum absolute atomic E-state index is 13.6. The number of hydrogen-bond acceptors (Lipinski definition) is 5. The molecule has 1 aromatic heterocycles. The van der Waals surface area contributed by atoms with Gasteiger partial charge in [0, 0.05) is 18.1 Å². The minimum atomic E-state index is -3.76. The Bertz CT molecular complexity index is 1350. The Balaban J connectivity index is 1.83. The Kier molecular flexibility index (Phi) is 6.15. The van der Waals surface area contributed by atoms with Gasteiger partial charge < -0.3 is 10.1 Å². The fraction of sp³-hybridized carbons (Fsp3) is 0.192. The minimum Gasteiger partial charge on any atom is -0.497 e. The second-order valence-corrected chi connectivity index (χ2v) is 9.64. The molecule has 0 saturated carbocycles. The van der Waals surface area contributed by atoms with E-state index in [1.165, 1.54) is 6.20 Å². The predicted molar refractivity (Wildman–Crippen MR) is 128 cm³/mol. The van der Waals surface area contributed by atoms with E-state index in [1.807, 2.05) is 49.4 Å². The Morgan fingerprint density at radius 2 is 1.62 bits per heavy atom. The lowest BCUT2D eigenvalue weighted by molar-refractivity contribution is 0.414. The number of aromatic nitrogens is 1. The fourth-order valence-corrected chi connectivity index (χ4v) is 5.00. The Labute approximate surface area is 189 Å². The van der Waals surface area contributed by atoms with Gasteiger partial charge in [-0.2, -0.15) is 0 Å². The highest BCUT2D eigenvalue weighted by molar-refractivity contribution is 7.91. The van der Waals surface area contributed by atoms with Crippen molar-refractivity contribution in [1.82, 2.24) is 4.98 Å². The highest BCUT2D eigenvalue weighted by Crippen LogP contribution is 2.34. The summed E-state index contributed by atoms with van der Waals surface area (Å²) in [5.74, 6) is 0.776. The number of ether oxygens (including phenoxy) is 1. The molecule has 0 atom stereocenters. The van der Waals surface area contributed by atoms with Crippen LogP contribution < -0.4 is 10.1 Å². The number of fused-ring (bicyclic) bond motifs is 1. The quantitative estimate of drug-likeness (QED) is 0.403. The van der Waals surface area contributed by atoms with Crippen LogP contribution in [-0.4, -0.2) is 20.5 Å². The number of rotatable bonds is 7. The fourth-order valence-electron chi connectivity index (χ4n) is 3.61. The smallest absolute Gasteiger partial charge is 0.210 e. The predicted octanol–water partition coefficient (Wildman–Crippen LogP) is 5.56. The molecule has 1 N–H and O–H groups in total. The second-order valence-electron chi connectivity index (χ2n) is 7.72. The first-order valence-electron chi connectivity index (χ1n) is 10.5. The lowest BCUT2D eigenvalue weighted by Gasteiger charge is -2.16. The Hall–Kier alpha value is -3.38. The van der Waals surface area contributed by atoms with Crippen molar-refractivity contribution < 1.29 is 13.2 Å². The van der Waals surface area contributed by atoms with Crippen LogP contribution in [0.4, 0.5) is 5.69 Å².